The Morgan fingerprint density at radius 3 is 2.42 bits per heavy atom. The molecule has 0 spiro atoms. The lowest BCUT2D eigenvalue weighted by Gasteiger charge is -2.19. The van der Waals surface area contributed by atoms with Crippen molar-refractivity contribution in [2.75, 3.05) is 11.0 Å². The predicted molar refractivity (Wildman–Crippen MR) is 211 cm³/mol. The summed E-state index contributed by atoms with van der Waals surface area (Å²) in [6, 6.07) is 0. The number of carboxylic acid groups (broad SMARTS) is 1. The molecule has 1 aliphatic carbocycles. The minimum Gasteiger partial charge on any atom is -0.511 e. The molecular formula is C41H51IN4O4. The molecule has 0 amide bonds. The quantitative estimate of drug-likeness (QED) is 0.0921. The van der Waals surface area contributed by atoms with Crippen molar-refractivity contribution < 1.29 is 19.7 Å². The molecule has 1 saturated heterocycles. The highest BCUT2D eigenvalue weighted by Gasteiger charge is 2.41. The molecule has 9 heteroatoms. The summed E-state index contributed by atoms with van der Waals surface area (Å²) >= 11 is 2.44. The van der Waals surface area contributed by atoms with Gasteiger partial charge in [0.25, 0.3) is 0 Å². The Kier molecular flexibility index (Phi) is 11.3. The van der Waals surface area contributed by atoms with Crippen LogP contribution in [0.3, 0.4) is 0 Å². The van der Waals surface area contributed by atoms with Crippen molar-refractivity contribution in [3.63, 3.8) is 0 Å². The molecule has 0 aromatic carbocycles. The van der Waals surface area contributed by atoms with Crippen molar-refractivity contribution in [1.82, 2.24) is 5.32 Å². The number of ether oxygens (including phenoxy) is 1. The van der Waals surface area contributed by atoms with Gasteiger partial charge >= 0.3 is 5.97 Å². The second kappa shape index (κ2) is 15.5. The molecule has 5 heterocycles. The lowest BCUT2D eigenvalue weighted by Crippen LogP contribution is -2.20. The van der Waals surface area contributed by atoms with Crippen LogP contribution in [0.5, 0.6) is 0 Å². The third kappa shape index (κ3) is 6.96. The Hall–Kier alpha value is -3.31. The average molecular weight is 791 g/mol. The number of carbonyl (C=O) groups is 1. The topological polar surface area (TPSA) is 116 Å². The highest BCUT2D eigenvalue weighted by Crippen LogP contribution is 2.46. The molecule has 0 aromatic rings. The van der Waals surface area contributed by atoms with E-state index in [1.54, 1.807) is 0 Å². The summed E-state index contributed by atoms with van der Waals surface area (Å²) < 4.78 is 7.43. The van der Waals surface area contributed by atoms with Crippen LogP contribution < -0.4 is 5.32 Å². The van der Waals surface area contributed by atoms with Crippen molar-refractivity contribution in [2.24, 2.45) is 26.8 Å². The Morgan fingerprint density at radius 1 is 0.980 bits per heavy atom. The lowest BCUT2D eigenvalue weighted by molar-refractivity contribution is -0.137. The average Bonchev–Trinajstić information content (AvgIpc) is 3.84. The highest BCUT2D eigenvalue weighted by molar-refractivity contribution is 14.1. The maximum absolute atomic E-state index is 11.8. The standard InChI is InChI=1S/C41H51IN4O4/c1-7-9-10-11-12-13-16-50-36(21-42)38-24(5)31-18-30-23(4)27(14-15-37(48)49)40(45-30)28-17-35(47)39-25(6)32(46-41(28)39)19-33-26(8-2)22(3)29(43-33)20-34(38)44-31/h18-20,23,27,36,45,47H,7-17,21H2,1-6H3,(H,48,49)/t23-,27-,36?/m0/s1. The SMILES string of the molecule is CCCCCCCCOC(CI)C1=C(C)C2=NC1=CC1=NC(=CC3=C(C)C4=C(O)CC(=C5NC(=C2)[C@@H](C)[C@@H]5CCC(=O)O)C4=N3)C(CC)=C1C. The van der Waals surface area contributed by atoms with Gasteiger partial charge in [-0.15, -0.1) is 0 Å². The van der Waals surface area contributed by atoms with E-state index >= 15 is 0 Å². The largest absolute Gasteiger partial charge is 0.511 e. The third-order valence-corrected chi connectivity index (χ3v) is 11.8. The van der Waals surface area contributed by atoms with Gasteiger partial charge in [-0.1, -0.05) is 75.5 Å². The van der Waals surface area contributed by atoms with Crippen molar-refractivity contribution in [3.8, 4) is 0 Å². The van der Waals surface area contributed by atoms with Gasteiger partial charge in [0.15, 0.2) is 0 Å². The fraction of sp³-hybridized carbons (Fsp3) is 0.512. The van der Waals surface area contributed by atoms with Crippen LogP contribution in [0.2, 0.25) is 0 Å². The van der Waals surface area contributed by atoms with Crippen LogP contribution in [0.4, 0.5) is 0 Å². The smallest absolute Gasteiger partial charge is 0.303 e. The van der Waals surface area contributed by atoms with Gasteiger partial charge < -0.3 is 20.3 Å². The molecule has 5 aliphatic heterocycles. The van der Waals surface area contributed by atoms with Gasteiger partial charge in [-0.25, -0.2) is 15.0 Å². The minimum absolute atomic E-state index is 0.0189. The number of nitrogens with zero attached hydrogens (tertiary/aromatic N) is 3. The molecule has 8 bridgehead atoms. The van der Waals surface area contributed by atoms with Gasteiger partial charge in [0, 0.05) is 63.8 Å². The molecule has 1 unspecified atom stereocenters. The van der Waals surface area contributed by atoms with E-state index in [4.69, 9.17) is 19.7 Å². The van der Waals surface area contributed by atoms with E-state index in [0.29, 0.717) is 25.2 Å². The van der Waals surface area contributed by atoms with Crippen LogP contribution in [0, 0.1) is 11.8 Å². The fourth-order valence-corrected chi connectivity index (χ4v) is 8.82. The first-order valence-electron chi connectivity index (χ1n) is 18.4. The normalized spacial score (nSPS) is 23.4. The van der Waals surface area contributed by atoms with Gasteiger partial charge in [-0.05, 0) is 80.6 Å². The number of carboxylic acids is 1. The number of aliphatic hydroxyl groups is 1. The van der Waals surface area contributed by atoms with Crippen molar-refractivity contribution in [1.29, 1.82) is 0 Å². The van der Waals surface area contributed by atoms with E-state index in [0.717, 1.165) is 96.3 Å². The van der Waals surface area contributed by atoms with Crippen LogP contribution in [0.25, 0.3) is 0 Å². The molecule has 6 rings (SSSR count). The number of fused-ring (bicyclic) bond motifs is 5. The molecule has 1 fully saturated rings. The van der Waals surface area contributed by atoms with Gasteiger partial charge in [0.05, 0.1) is 40.3 Å². The van der Waals surface area contributed by atoms with Crippen LogP contribution >= 0.6 is 22.6 Å². The van der Waals surface area contributed by atoms with E-state index in [1.165, 1.54) is 37.7 Å². The fourth-order valence-electron chi connectivity index (χ4n) is 8.12. The van der Waals surface area contributed by atoms with Gasteiger partial charge in [-0.3, -0.25) is 4.79 Å². The first-order chi connectivity index (χ1) is 24.1. The zero-order valence-corrected chi connectivity index (χ0v) is 32.5. The monoisotopic (exact) mass is 790 g/mol. The summed E-state index contributed by atoms with van der Waals surface area (Å²) in [5.74, 6) is -0.555. The number of unbranched alkanes of at least 4 members (excludes halogenated alkanes) is 5. The zero-order valence-electron chi connectivity index (χ0n) is 30.4. The Labute approximate surface area is 310 Å². The molecule has 3 atom stereocenters. The molecule has 3 N–H and O–H groups in total. The van der Waals surface area contributed by atoms with Crippen LogP contribution in [-0.2, 0) is 9.53 Å². The number of allylic oxidation sites excluding steroid dienone is 11. The number of halogens is 1. The Balaban J connectivity index is 1.47. The van der Waals surface area contributed by atoms with E-state index in [9.17, 15) is 15.0 Å². The van der Waals surface area contributed by atoms with Crippen molar-refractivity contribution in [2.45, 2.75) is 112 Å². The van der Waals surface area contributed by atoms with E-state index in [2.05, 4.69) is 80.8 Å². The van der Waals surface area contributed by atoms with Gasteiger partial charge in [0.2, 0.25) is 0 Å². The number of nitrogens with one attached hydrogen (secondary N) is 1. The van der Waals surface area contributed by atoms with Crippen molar-refractivity contribution >= 4 is 45.7 Å². The molecular weight excluding hydrogens is 739 g/mol. The molecule has 0 aromatic heterocycles. The number of aliphatic hydroxyl groups excluding tert-OH is 1. The lowest BCUT2D eigenvalue weighted by atomic mass is 9.86. The van der Waals surface area contributed by atoms with E-state index in [-0.39, 0.29) is 24.4 Å². The summed E-state index contributed by atoms with van der Waals surface area (Å²) in [4.78, 5) is 27.4. The van der Waals surface area contributed by atoms with Crippen LogP contribution in [-0.4, -0.2) is 50.5 Å². The van der Waals surface area contributed by atoms with E-state index < -0.39 is 5.97 Å². The van der Waals surface area contributed by atoms with Gasteiger partial charge in [0.1, 0.15) is 5.76 Å². The number of hydrogen-bond acceptors (Lipinski definition) is 7. The second-order valence-electron chi connectivity index (χ2n) is 14.2. The van der Waals surface area contributed by atoms with Crippen molar-refractivity contribution in [3.05, 3.63) is 91.5 Å². The number of aliphatic carboxylic acids is 1. The third-order valence-electron chi connectivity index (χ3n) is 11.0. The summed E-state index contributed by atoms with van der Waals surface area (Å²) in [6.07, 6.45) is 15.3. The molecule has 8 nitrogen and oxygen atoms in total. The molecule has 266 valence electrons. The van der Waals surface area contributed by atoms with E-state index in [1.807, 2.05) is 6.92 Å². The minimum atomic E-state index is -0.814. The summed E-state index contributed by atoms with van der Waals surface area (Å²) in [6.45, 7) is 13.6. The predicted octanol–water partition coefficient (Wildman–Crippen LogP) is 9.70. The zero-order chi connectivity index (χ0) is 35.7. The molecule has 0 saturated carbocycles. The maximum atomic E-state index is 11.8. The summed E-state index contributed by atoms with van der Waals surface area (Å²) in [7, 11) is 0. The molecule has 0 radical (unpaired) electrons. The molecule has 6 aliphatic rings. The first-order valence-corrected chi connectivity index (χ1v) is 20.0. The van der Waals surface area contributed by atoms with Gasteiger partial charge in [-0.2, -0.15) is 0 Å². The van der Waals surface area contributed by atoms with Crippen LogP contribution in [0.1, 0.15) is 106 Å². The Morgan fingerprint density at radius 2 is 1.70 bits per heavy atom. The summed E-state index contributed by atoms with van der Waals surface area (Å²) in [5.41, 5.74) is 14.3. The number of alkyl halides is 1. The highest BCUT2D eigenvalue weighted by atomic mass is 127. The number of hydrogen-bond donors (Lipinski definition) is 3. The first kappa shape index (κ1) is 36.5. The number of aliphatic imine (C=N–C) groups is 3. The summed E-state index contributed by atoms with van der Waals surface area (Å²) in [5, 5.41) is 24.7. The van der Waals surface area contributed by atoms with Crippen LogP contribution in [0.15, 0.2) is 106 Å². The maximum Gasteiger partial charge on any atom is 0.303 e. The molecule has 50 heavy (non-hydrogen) atoms. The second-order valence-corrected chi connectivity index (χ2v) is 15.1. The number of rotatable bonds is 14. The Bertz CT molecular complexity index is 1830.